The number of aromatic nitrogens is 1. The third kappa shape index (κ3) is 5.57. The topological polar surface area (TPSA) is 45.7 Å². The van der Waals surface area contributed by atoms with Crippen LogP contribution in [0.4, 0.5) is 4.79 Å². The Hall–Kier alpha value is -2.06. The van der Waals surface area contributed by atoms with Gasteiger partial charge in [-0.1, -0.05) is 25.8 Å². The zero-order chi connectivity index (χ0) is 16.7. The molecule has 0 unspecified atom stereocenters. The zero-order valence-corrected chi connectivity index (χ0v) is 14.0. The van der Waals surface area contributed by atoms with Gasteiger partial charge < -0.3 is 9.64 Å². The molecule has 2 heterocycles. The molecule has 0 bridgehead atoms. The number of carbonyl (C=O) groups is 1. The van der Waals surface area contributed by atoms with Crippen LogP contribution in [-0.2, 0) is 11.3 Å². The molecule has 1 aliphatic rings. The maximum Gasteiger partial charge on any atom is 0.409 e. The highest BCUT2D eigenvalue weighted by molar-refractivity contribution is 5.67. The number of nitrogens with zero attached hydrogens (tertiary/aromatic N) is 3. The smallest absolute Gasteiger partial charge is 0.409 e. The van der Waals surface area contributed by atoms with E-state index in [9.17, 15) is 4.79 Å². The predicted molar refractivity (Wildman–Crippen MR) is 89.8 cm³/mol. The van der Waals surface area contributed by atoms with E-state index in [-0.39, 0.29) is 6.09 Å². The van der Waals surface area contributed by atoms with E-state index in [1.807, 2.05) is 32.0 Å². The highest BCUT2D eigenvalue weighted by atomic mass is 16.6. The van der Waals surface area contributed by atoms with Gasteiger partial charge in [0.05, 0.1) is 12.3 Å². The number of terminal acetylenes is 1. The SMILES string of the molecule is C#Cc1cccc(CN2CCCN(C(=O)OCC(C)C)CC2)n1. The number of amides is 1. The fourth-order valence-corrected chi connectivity index (χ4v) is 2.52. The Labute approximate surface area is 138 Å². The van der Waals surface area contributed by atoms with Crippen LogP contribution in [-0.4, -0.2) is 53.7 Å². The molecule has 1 aromatic heterocycles. The molecule has 0 radical (unpaired) electrons. The van der Waals surface area contributed by atoms with Crippen molar-refractivity contribution in [3.8, 4) is 12.3 Å². The number of rotatable bonds is 4. The van der Waals surface area contributed by atoms with E-state index in [1.54, 1.807) is 4.90 Å². The fourth-order valence-electron chi connectivity index (χ4n) is 2.52. The highest BCUT2D eigenvalue weighted by Gasteiger charge is 2.20. The molecule has 0 aliphatic carbocycles. The fraction of sp³-hybridized carbons (Fsp3) is 0.556. The Bertz CT molecular complexity index is 566. The van der Waals surface area contributed by atoms with Gasteiger partial charge in [-0.2, -0.15) is 0 Å². The van der Waals surface area contributed by atoms with E-state index in [0.717, 1.165) is 38.3 Å². The average Bonchev–Trinajstić information content (AvgIpc) is 2.78. The third-order valence-electron chi connectivity index (χ3n) is 3.73. The minimum atomic E-state index is -0.201. The summed E-state index contributed by atoms with van der Waals surface area (Å²) in [6.07, 6.45) is 6.13. The second-order valence-corrected chi connectivity index (χ2v) is 6.25. The van der Waals surface area contributed by atoms with Crippen molar-refractivity contribution < 1.29 is 9.53 Å². The van der Waals surface area contributed by atoms with Crippen molar-refractivity contribution in [1.29, 1.82) is 0 Å². The Morgan fingerprint density at radius 2 is 2.17 bits per heavy atom. The van der Waals surface area contributed by atoms with Crippen molar-refractivity contribution in [2.45, 2.75) is 26.8 Å². The lowest BCUT2D eigenvalue weighted by atomic mass is 10.2. The summed E-state index contributed by atoms with van der Waals surface area (Å²) in [5.41, 5.74) is 1.63. The van der Waals surface area contributed by atoms with Gasteiger partial charge in [0.15, 0.2) is 0 Å². The summed E-state index contributed by atoms with van der Waals surface area (Å²) in [5.74, 6) is 2.92. The quantitative estimate of drug-likeness (QED) is 0.800. The van der Waals surface area contributed by atoms with E-state index in [1.165, 1.54) is 0 Å². The van der Waals surface area contributed by atoms with Crippen molar-refractivity contribution >= 4 is 6.09 Å². The molecule has 124 valence electrons. The van der Waals surface area contributed by atoms with Crippen molar-refractivity contribution in [2.75, 3.05) is 32.8 Å². The molecule has 0 N–H and O–H groups in total. The molecule has 0 aromatic carbocycles. The normalized spacial score (nSPS) is 16.0. The maximum atomic E-state index is 12.1. The van der Waals surface area contributed by atoms with Crippen molar-refractivity contribution in [2.24, 2.45) is 5.92 Å². The molecule has 5 heteroatoms. The third-order valence-corrected chi connectivity index (χ3v) is 3.73. The standard InChI is InChI=1S/C18H25N3O2/c1-4-16-7-5-8-17(19-16)13-20-9-6-10-21(12-11-20)18(22)23-14-15(2)3/h1,5,7-8,15H,6,9-14H2,2-3H3. The lowest BCUT2D eigenvalue weighted by molar-refractivity contribution is 0.0930. The molecule has 1 aromatic rings. The Morgan fingerprint density at radius 3 is 2.91 bits per heavy atom. The maximum absolute atomic E-state index is 12.1. The number of carbonyl (C=O) groups excluding carboxylic acids is 1. The number of pyridine rings is 1. The van der Waals surface area contributed by atoms with E-state index >= 15 is 0 Å². The molecular weight excluding hydrogens is 290 g/mol. The first-order valence-electron chi connectivity index (χ1n) is 8.15. The van der Waals surface area contributed by atoms with Gasteiger partial charge in [-0.05, 0) is 24.5 Å². The van der Waals surface area contributed by atoms with Crippen LogP contribution in [0.5, 0.6) is 0 Å². The van der Waals surface area contributed by atoms with Crippen molar-refractivity contribution in [1.82, 2.24) is 14.8 Å². The van der Waals surface area contributed by atoms with Crippen molar-refractivity contribution in [3.05, 3.63) is 29.6 Å². The zero-order valence-electron chi connectivity index (χ0n) is 14.0. The van der Waals surface area contributed by atoms with Gasteiger partial charge in [-0.3, -0.25) is 4.90 Å². The summed E-state index contributed by atoms with van der Waals surface area (Å²) in [5, 5.41) is 0. The first kappa shape index (κ1) is 17.3. The van der Waals surface area contributed by atoms with Gasteiger partial charge in [0, 0.05) is 32.7 Å². The molecule has 0 saturated carbocycles. The molecule has 0 spiro atoms. The van der Waals surface area contributed by atoms with Crippen LogP contribution in [0.25, 0.3) is 0 Å². The Balaban J connectivity index is 1.86. The average molecular weight is 315 g/mol. The Morgan fingerprint density at radius 1 is 1.35 bits per heavy atom. The van der Waals surface area contributed by atoms with E-state index < -0.39 is 0 Å². The summed E-state index contributed by atoms with van der Waals surface area (Å²) >= 11 is 0. The van der Waals surface area contributed by atoms with Gasteiger partial charge in [-0.15, -0.1) is 6.42 Å². The molecule has 1 aliphatic heterocycles. The molecule has 2 rings (SSSR count). The van der Waals surface area contributed by atoms with Crippen LogP contribution in [0.3, 0.4) is 0 Å². The molecule has 23 heavy (non-hydrogen) atoms. The number of ether oxygens (including phenoxy) is 1. The van der Waals surface area contributed by atoms with Gasteiger partial charge in [-0.25, -0.2) is 9.78 Å². The predicted octanol–water partition coefficient (Wildman–Crippen LogP) is 2.36. The van der Waals surface area contributed by atoms with Crippen LogP contribution >= 0.6 is 0 Å². The highest BCUT2D eigenvalue weighted by Crippen LogP contribution is 2.09. The summed E-state index contributed by atoms with van der Waals surface area (Å²) < 4.78 is 5.32. The lowest BCUT2D eigenvalue weighted by Crippen LogP contribution is -2.36. The summed E-state index contributed by atoms with van der Waals surface area (Å²) in [6, 6.07) is 5.75. The van der Waals surface area contributed by atoms with Gasteiger partial charge >= 0.3 is 6.09 Å². The second-order valence-electron chi connectivity index (χ2n) is 6.25. The van der Waals surface area contributed by atoms with E-state index in [4.69, 9.17) is 11.2 Å². The van der Waals surface area contributed by atoms with E-state index in [0.29, 0.717) is 24.8 Å². The van der Waals surface area contributed by atoms with Gasteiger partial charge in [0.1, 0.15) is 5.69 Å². The first-order chi connectivity index (χ1) is 11.1. The minimum absolute atomic E-state index is 0.201. The monoisotopic (exact) mass is 315 g/mol. The van der Waals surface area contributed by atoms with Crippen LogP contribution in [0.15, 0.2) is 18.2 Å². The summed E-state index contributed by atoms with van der Waals surface area (Å²) in [4.78, 5) is 20.6. The van der Waals surface area contributed by atoms with Crippen molar-refractivity contribution in [3.63, 3.8) is 0 Å². The van der Waals surface area contributed by atoms with Crippen LogP contribution in [0.2, 0.25) is 0 Å². The molecule has 5 nitrogen and oxygen atoms in total. The summed E-state index contributed by atoms with van der Waals surface area (Å²) in [7, 11) is 0. The second kappa shape index (κ2) is 8.54. The molecule has 1 fully saturated rings. The van der Waals surface area contributed by atoms with Gasteiger partial charge in [0.2, 0.25) is 0 Å². The number of hydrogen-bond donors (Lipinski definition) is 0. The van der Waals surface area contributed by atoms with Gasteiger partial charge in [0.25, 0.3) is 0 Å². The molecule has 0 atom stereocenters. The van der Waals surface area contributed by atoms with E-state index in [2.05, 4.69) is 15.8 Å². The van der Waals surface area contributed by atoms with Crippen LogP contribution in [0, 0.1) is 18.3 Å². The van der Waals surface area contributed by atoms with Crippen LogP contribution < -0.4 is 0 Å². The minimum Gasteiger partial charge on any atom is -0.449 e. The first-order valence-corrected chi connectivity index (χ1v) is 8.15. The largest absolute Gasteiger partial charge is 0.449 e. The Kier molecular flexibility index (Phi) is 6.42. The lowest BCUT2D eigenvalue weighted by Gasteiger charge is -2.22. The molecule has 1 amide bonds. The molecular formula is C18H25N3O2. The number of hydrogen-bond acceptors (Lipinski definition) is 4. The molecule has 1 saturated heterocycles. The van der Waals surface area contributed by atoms with Crippen LogP contribution in [0.1, 0.15) is 31.7 Å². The summed E-state index contributed by atoms with van der Waals surface area (Å²) in [6.45, 7) is 8.49.